The Kier molecular flexibility index (Phi) is 6.96. The molecule has 0 aliphatic heterocycles. The number of nitrogens with two attached hydrogens (primary N) is 2. The van der Waals surface area contributed by atoms with Gasteiger partial charge in [-0.3, -0.25) is 0 Å². The van der Waals surface area contributed by atoms with E-state index in [1.807, 2.05) is 19.1 Å². The summed E-state index contributed by atoms with van der Waals surface area (Å²) in [5.41, 5.74) is 12.9. The normalized spacial score (nSPS) is 13.2. The zero-order valence-electron chi connectivity index (χ0n) is 13.5. The van der Waals surface area contributed by atoms with Crippen LogP contribution in [0.4, 0.5) is 13.2 Å². The molecule has 0 aliphatic rings. The summed E-state index contributed by atoms with van der Waals surface area (Å²) in [6.45, 7) is 3.64. The van der Waals surface area contributed by atoms with E-state index in [-0.39, 0.29) is 12.1 Å². The van der Waals surface area contributed by atoms with Gasteiger partial charge >= 0.3 is 6.18 Å². The number of hydrogen-bond acceptors (Lipinski definition) is 3. The summed E-state index contributed by atoms with van der Waals surface area (Å²) in [4.78, 5) is 0. The Bertz CT molecular complexity index is 667. The molecule has 0 saturated carbocycles. The van der Waals surface area contributed by atoms with E-state index in [0.717, 1.165) is 17.7 Å². The second kappa shape index (κ2) is 8.48. The molecule has 0 bridgehead atoms. The first kappa shape index (κ1) is 19.7. The molecule has 24 heavy (non-hydrogen) atoms. The highest BCUT2D eigenvalue weighted by atomic mass is 19.4. The van der Waals surface area contributed by atoms with Gasteiger partial charge in [0.2, 0.25) is 0 Å². The smallest absolute Gasteiger partial charge is 0.324 e. The number of halogens is 3. The molecule has 6 heteroatoms. The number of hydrogen-bond donors (Lipinski definition) is 2. The SMILES string of the molecule is CC(N)c1ccc(C#N)cc1.CC(N)c1ccc(C(F)(F)F)cc1. The number of nitriles is 1. The average Bonchev–Trinajstić information content (AvgIpc) is 2.54. The summed E-state index contributed by atoms with van der Waals surface area (Å²) < 4.78 is 36.3. The van der Waals surface area contributed by atoms with E-state index in [1.54, 1.807) is 19.1 Å². The molecule has 3 nitrogen and oxygen atoms in total. The summed E-state index contributed by atoms with van der Waals surface area (Å²) >= 11 is 0. The first-order valence-electron chi connectivity index (χ1n) is 7.33. The third kappa shape index (κ3) is 6.03. The van der Waals surface area contributed by atoms with Crippen LogP contribution in [0, 0.1) is 11.3 Å². The molecule has 0 aromatic heterocycles. The summed E-state index contributed by atoms with van der Waals surface area (Å²) in [7, 11) is 0. The molecule has 0 aliphatic carbocycles. The zero-order valence-corrected chi connectivity index (χ0v) is 13.5. The fraction of sp³-hybridized carbons (Fsp3) is 0.278. The van der Waals surface area contributed by atoms with Crippen LogP contribution in [0.3, 0.4) is 0 Å². The minimum absolute atomic E-state index is 0.0442. The van der Waals surface area contributed by atoms with Crippen LogP contribution in [0.15, 0.2) is 48.5 Å². The molecule has 0 heterocycles. The predicted octanol–water partition coefficient (Wildman–Crippen LogP) is 4.30. The molecular formula is C18H20F3N3. The Morgan fingerprint density at radius 3 is 1.50 bits per heavy atom. The van der Waals surface area contributed by atoms with Crippen LogP contribution in [0.25, 0.3) is 0 Å². The van der Waals surface area contributed by atoms with E-state index in [0.29, 0.717) is 11.1 Å². The minimum Gasteiger partial charge on any atom is -0.324 e. The quantitative estimate of drug-likeness (QED) is 0.859. The lowest BCUT2D eigenvalue weighted by atomic mass is 10.1. The number of rotatable bonds is 2. The molecule has 2 rings (SSSR count). The van der Waals surface area contributed by atoms with Gasteiger partial charge in [0.05, 0.1) is 17.2 Å². The first-order valence-corrected chi connectivity index (χ1v) is 7.33. The van der Waals surface area contributed by atoms with Gasteiger partial charge in [-0.05, 0) is 49.2 Å². The minimum atomic E-state index is -4.27. The fourth-order valence-corrected chi connectivity index (χ4v) is 1.84. The standard InChI is InChI=1S/C9H10F3N.C9H10N2/c1-6(13)7-2-4-8(5-3-7)9(10,11)12;1-7(11)9-4-2-8(6-10)3-5-9/h2-6H,13H2,1H3;2-5,7H,11H2,1H3. The lowest BCUT2D eigenvalue weighted by Gasteiger charge is -2.09. The molecule has 2 unspecified atom stereocenters. The highest BCUT2D eigenvalue weighted by Crippen LogP contribution is 2.29. The Hall–Kier alpha value is -2.36. The van der Waals surface area contributed by atoms with Crippen molar-refractivity contribution < 1.29 is 13.2 Å². The van der Waals surface area contributed by atoms with Crippen LogP contribution in [0.5, 0.6) is 0 Å². The summed E-state index contributed by atoms with van der Waals surface area (Å²) in [5, 5.41) is 8.49. The monoisotopic (exact) mass is 335 g/mol. The molecule has 2 aromatic carbocycles. The van der Waals surface area contributed by atoms with E-state index in [4.69, 9.17) is 16.7 Å². The van der Waals surface area contributed by atoms with Crippen LogP contribution < -0.4 is 11.5 Å². The lowest BCUT2D eigenvalue weighted by molar-refractivity contribution is -0.137. The third-order valence-electron chi connectivity index (χ3n) is 3.33. The van der Waals surface area contributed by atoms with Gasteiger partial charge in [-0.25, -0.2) is 0 Å². The van der Waals surface area contributed by atoms with Gasteiger partial charge in [-0.2, -0.15) is 18.4 Å². The van der Waals surface area contributed by atoms with Crippen LogP contribution in [-0.2, 0) is 6.18 Å². The van der Waals surface area contributed by atoms with Gasteiger partial charge in [0, 0.05) is 12.1 Å². The molecule has 128 valence electrons. The van der Waals surface area contributed by atoms with E-state index in [1.165, 1.54) is 12.1 Å². The van der Waals surface area contributed by atoms with Gasteiger partial charge in [0.25, 0.3) is 0 Å². The van der Waals surface area contributed by atoms with Crippen molar-refractivity contribution in [2.75, 3.05) is 0 Å². The molecule has 2 aromatic rings. The van der Waals surface area contributed by atoms with Crippen molar-refractivity contribution in [3.05, 3.63) is 70.8 Å². The Morgan fingerprint density at radius 2 is 1.21 bits per heavy atom. The molecule has 4 N–H and O–H groups in total. The third-order valence-corrected chi connectivity index (χ3v) is 3.33. The molecule has 0 saturated heterocycles. The molecule has 0 radical (unpaired) electrons. The highest BCUT2D eigenvalue weighted by molar-refractivity contribution is 5.32. The van der Waals surface area contributed by atoms with Crippen LogP contribution in [-0.4, -0.2) is 0 Å². The van der Waals surface area contributed by atoms with Gasteiger partial charge in [-0.1, -0.05) is 24.3 Å². The second-order valence-electron chi connectivity index (χ2n) is 5.43. The first-order chi connectivity index (χ1) is 11.1. The van der Waals surface area contributed by atoms with Crippen molar-refractivity contribution in [1.82, 2.24) is 0 Å². The zero-order chi connectivity index (χ0) is 18.3. The van der Waals surface area contributed by atoms with E-state index in [9.17, 15) is 13.2 Å². The number of alkyl halides is 3. The van der Waals surface area contributed by atoms with Crippen molar-refractivity contribution in [2.24, 2.45) is 11.5 Å². The largest absolute Gasteiger partial charge is 0.416 e. The van der Waals surface area contributed by atoms with Crippen molar-refractivity contribution in [3.63, 3.8) is 0 Å². The Labute approximate surface area is 139 Å². The van der Waals surface area contributed by atoms with Crippen LogP contribution in [0.2, 0.25) is 0 Å². The Balaban J connectivity index is 0.000000243. The highest BCUT2D eigenvalue weighted by Gasteiger charge is 2.29. The molecule has 2 atom stereocenters. The van der Waals surface area contributed by atoms with E-state index >= 15 is 0 Å². The fourth-order valence-electron chi connectivity index (χ4n) is 1.84. The maximum atomic E-state index is 12.1. The number of nitrogens with zero attached hydrogens (tertiary/aromatic N) is 1. The van der Waals surface area contributed by atoms with E-state index < -0.39 is 11.7 Å². The molecule has 0 fully saturated rings. The summed E-state index contributed by atoms with van der Waals surface area (Å²) in [6, 6.07) is 14.0. The molecular weight excluding hydrogens is 315 g/mol. The van der Waals surface area contributed by atoms with Crippen molar-refractivity contribution >= 4 is 0 Å². The maximum absolute atomic E-state index is 12.1. The topological polar surface area (TPSA) is 75.8 Å². The molecule has 0 amide bonds. The lowest BCUT2D eigenvalue weighted by Crippen LogP contribution is -2.07. The summed E-state index contributed by atoms with van der Waals surface area (Å²) in [6.07, 6.45) is -4.27. The molecule has 0 spiro atoms. The second-order valence-corrected chi connectivity index (χ2v) is 5.43. The van der Waals surface area contributed by atoms with Crippen molar-refractivity contribution in [1.29, 1.82) is 5.26 Å². The Morgan fingerprint density at radius 1 is 0.833 bits per heavy atom. The van der Waals surface area contributed by atoms with Crippen molar-refractivity contribution in [2.45, 2.75) is 32.1 Å². The van der Waals surface area contributed by atoms with Crippen LogP contribution in [0.1, 0.15) is 48.2 Å². The van der Waals surface area contributed by atoms with Gasteiger partial charge in [-0.15, -0.1) is 0 Å². The van der Waals surface area contributed by atoms with Gasteiger partial charge in [0.1, 0.15) is 0 Å². The number of benzene rings is 2. The van der Waals surface area contributed by atoms with Gasteiger partial charge in [0.15, 0.2) is 0 Å². The maximum Gasteiger partial charge on any atom is 0.416 e. The average molecular weight is 335 g/mol. The summed E-state index contributed by atoms with van der Waals surface area (Å²) in [5.74, 6) is 0. The van der Waals surface area contributed by atoms with Crippen LogP contribution >= 0.6 is 0 Å². The predicted molar refractivity (Wildman–Crippen MR) is 87.8 cm³/mol. The van der Waals surface area contributed by atoms with Crippen molar-refractivity contribution in [3.8, 4) is 6.07 Å². The van der Waals surface area contributed by atoms with E-state index in [2.05, 4.69) is 6.07 Å². The van der Waals surface area contributed by atoms with Gasteiger partial charge < -0.3 is 11.5 Å².